The van der Waals surface area contributed by atoms with Gasteiger partial charge < -0.3 is 0 Å². The average molecular weight is 313 g/mol. The predicted octanol–water partition coefficient (Wildman–Crippen LogP) is 3.66. The third-order valence-electron chi connectivity index (χ3n) is 3.57. The van der Waals surface area contributed by atoms with Gasteiger partial charge >= 0.3 is 0 Å². The van der Waals surface area contributed by atoms with E-state index in [0.29, 0.717) is 0 Å². The van der Waals surface area contributed by atoms with Gasteiger partial charge in [-0.3, -0.25) is 4.55 Å². The standard InChI is InChI=1S/C15H17ClO3S/c1-15(9-6-12-4-2-3-5-14(12)16)10-7-13(8-11-15)20(17,18)19/h2-5,7-8,10-11,13H,6,9H2,1H3,(H,17,18,19). The first-order valence-electron chi connectivity index (χ1n) is 6.39. The molecule has 0 spiro atoms. The van der Waals surface area contributed by atoms with Crippen molar-refractivity contribution in [1.82, 2.24) is 0 Å². The highest BCUT2D eigenvalue weighted by Gasteiger charge is 2.26. The smallest absolute Gasteiger partial charge is 0.275 e. The summed E-state index contributed by atoms with van der Waals surface area (Å²) < 4.78 is 31.1. The lowest BCUT2D eigenvalue weighted by atomic mass is 9.81. The van der Waals surface area contributed by atoms with E-state index in [4.69, 9.17) is 16.2 Å². The highest BCUT2D eigenvalue weighted by molar-refractivity contribution is 7.86. The normalized spacial score (nSPS) is 25.9. The molecule has 108 valence electrons. The van der Waals surface area contributed by atoms with Crippen LogP contribution in [-0.2, 0) is 16.5 Å². The minimum absolute atomic E-state index is 0.222. The molecule has 0 fully saturated rings. The van der Waals surface area contributed by atoms with E-state index in [-0.39, 0.29) is 5.41 Å². The number of rotatable bonds is 4. The molecule has 0 saturated heterocycles. The summed E-state index contributed by atoms with van der Waals surface area (Å²) in [6.45, 7) is 2.02. The van der Waals surface area contributed by atoms with E-state index in [1.54, 1.807) is 0 Å². The molecule has 0 heterocycles. The van der Waals surface area contributed by atoms with E-state index >= 15 is 0 Å². The highest BCUT2D eigenvalue weighted by atomic mass is 35.5. The lowest BCUT2D eigenvalue weighted by Gasteiger charge is -2.26. The van der Waals surface area contributed by atoms with Gasteiger partial charge in [-0.15, -0.1) is 0 Å². The molecule has 3 nitrogen and oxygen atoms in total. The van der Waals surface area contributed by atoms with Crippen molar-refractivity contribution >= 4 is 21.7 Å². The minimum atomic E-state index is -4.04. The zero-order chi connectivity index (χ0) is 14.8. The van der Waals surface area contributed by atoms with Crippen molar-refractivity contribution in [2.45, 2.75) is 25.0 Å². The third-order valence-corrected chi connectivity index (χ3v) is 4.94. The van der Waals surface area contributed by atoms with Gasteiger partial charge in [-0.05, 0) is 24.5 Å². The molecule has 1 aromatic rings. The third kappa shape index (κ3) is 3.72. The van der Waals surface area contributed by atoms with Gasteiger partial charge in [0.05, 0.1) is 0 Å². The van der Waals surface area contributed by atoms with Gasteiger partial charge in [0.1, 0.15) is 5.25 Å². The molecule has 0 amide bonds. The second kappa shape index (κ2) is 5.72. The van der Waals surface area contributed by atoms with Crippen molar-refractivity contribution in [3.05, 3.63) is 59.2 Å². The first kappa shape index (κ1) is 15.3. The topological polar surface area (TPSA) is 54.4 Å². The van der Waals surface area contributed by atoms with Gasteiger partial charge in [0.2, 0.25) is 0 Å². The Labute approximate surface area is 124 Å². The van der Waals surface area contributed by atoms with Crippen LogP contribution >= 0.6 is 11.6 Å². The van der Waals surface area contributed by atoms with E-state index in [1.165, 1.54) is 12.2 Å². The van der Waals surface area contributed by atoms with Gasteiger partial charge in [-0.25, -0.2) is 0 Å². The van der Waals surface area contributed by atoms with Crippen LogP contribution in [0.5, 0.6) is 0 Å². The van der Waals surface area contributed by atoms with Crippen molar-refractivity contribution in [3.63, 3.8) is 0 Å². The fourth-order valence-corrected chi connectivity index (χ4v) is 3.00. The fraction of sp³-hybridized carbons (Fsp3) is 0.333. The average Bonchev–Trinajstić information content (AvgIpc) is 2.37. The predicted molar refractivity (Wildman–Crippen MR) is 81.5 cm³/mol. The first-order valence-corrected chi connectivity index (χ1v) is 8.27. The molecule has 0 aliphatic heterocycles. The number of hydrogen-bond acceptors (Lipinski definition) is 2. The molecular weight excluding hydrogens is 296 g/mol. The molecule has 1 aliphatic rings. The number of aryl methyl sites for hydroxylation is 1. The maximum atomic E-state index is 11.1. The zero-order valence-corrected chi connectivity index (χ0v) is 12.7. The van der Waals surface area contributed by atoms with E-state index in [1.807, 2.05) is 43.3 Å². The summed E-state index contributed by atoms with van der Waals surface area (Å²) >= 11 is 6.12. The quantitative estimate of drug-likeness (QED) is 0.682. The van der Waals surface area contributed by atoms with Crippen LogP contribution in [0, 0.1) is 5.41 Å². The highest BCUT2D eigenvalue weighted by Crippen LogP contribution is 2.32. The number of allylic oxidation sites excluding steroid dienone is 2. The Hall–Kier alpha value is -1.10. The van der Waals surface area contributed by atoms with Gasteiger partial charge in [-0.2, -0.15) is 8.42 Å². The lowest BCUT2D eigenvalue weighted by molar-refractivity contribution is 0.472. The van der Waals surface area contributed by atoms with E-state index < -0.39 is 15.4 Å². The summed E-state index contributed by atoms with van der Waals surface area (Å²) in [7, 11) is -4.04. The largest absolute Gasteiger partial charge is 0.285 e. The summed E-state index contributed by atoms with van der Waals surface area (Å²) in [4.78, 5) is 0. The Balaban J connectivity index is 2.05. The molecule has 2 rings (SSSR count). The molecule has 0 unspecified atom stereocenters. The monoisotopic (exact) mass is 312 g/mol. The van der Waals surface area contributed by atoms with Gasteiger partial charge in [0.25, 0.3) is 10.1 Å². The molecule has 0 aromatic heterocycles. The summed E-state index contributed by atoms with van der Waals surface area (Å²) in [6.07, 6.45) is 8.36. The summed E-state index contributed by atoms with van der Waals surface area (Å²) in [5.74, 6) is 0. The molecule has 0 bridgehead atoms. The van der Waals surface area contributed by atoms with Crippen LogP contribution in [0.25, 0.3) is 0 Å². The van der Waals surface area contributed by atoms with Crippen molar-refractivity contribution in [3.8, 4) is 0 Å². The van der Waals surface area contributed by atoms with E-state index in [9.17, 15) is 8.42 Å². The van der Waals surface area contributed by atoms with Crippen molar-refractivity contribution < 1.29 is 13.0 Å². The van der Waals surface area contributed by atoms with Crippen molar-refractivity contribution in [1.29, 1.82) is 0 Å². The molecule has 0 atom stereocenters. The van der Waals surface area contributed by atoms with Crippen LogP contribution in [-0.4, -0.2) is 18.2 Å². The fourth-order valence-electron chi connectivity index (χ4n) is 2.22. The van der Waals surface area contributed by atoms with Crippen molar-refractivity contribution in [2.75, 3.05) is 0 Å². The van der Waals surface area contributed by atoms with Crippen LogP contribution in [0.3, 0.4) is 0 Å². The molecule has 0 saturated carbocycles. The second-order valence-corrected chi connectivity index (χ2v) is 7.28. The zero-order valence-electron chi connectivity index (χ0n) is 11.2. The number of benzene rings is 1. The summed E-state index contributed by atoms with van der Waals surface area (Å²) in [6, 6.07) is 7.69. The summed E-state index contributed by atoms with van der Waals surface area (Å²) in [5.41, 5.74) is 0.856. The van der Waals surface area contributed by atoms with Crippen LogP contribution < -0.4 is 0 Å². The lowest BCUT2D eigenvalue weighted by Crippen LogP contribution is -2.22. The van der Waals surface area contributed by atoms with E-state index in [2.05, 4.69) is 0 Å². The maximum Gasteiger partial charge on any atom is 0.275 e. The Morgan fingerprint density at radius 1 is 1.25 bits per heavy atom. The maximum absolute atomic E-state index is 11.1. The number of hydrogen-bond donors (Lipinski definition) is 1. The van der Waals surface area contributed by atoms with Crippen LogP contribution in [0.4, 0.5) is 0 Å². The Morgan fingerprint density at radius 2 is 1.85 bits per heavy atom. The summed E-state index contributed by atoms with van der Waals surface area (Å²) in [5, 5.41) is -0.188. The molecular formula is C15H17ClO3S. The minimum Gasteiger partial charge on any atom is -0.285 e. The molecule has 1 N–H and O–H groups in total. The van der Waals surface area contributed by atoms with Gasteiger partial charge in [0, 0.05) is 10.4 Å². The Bertz CT molecular complexity index is 633. The van der Waals surface area contributed by atoms with Crippen LogP contribution in [0.2, 0.25) is 5.02 Å². The van der Waals surface area contributed by atoms with E-state index in [0.717, 1.165) is 23.4 Å². The molecule has 0 radical (unpaired) electrons. The number of halogens is 1. The van der Waals surface area contributed by atoms with Crippen molar-refractivity contribution in [2.24, 2.45) is 5.41 Å². The van der Waals surface area contributed by atoms with Gasteiger partial charge in [0.15, 0.2) is 0 Å². The van der Waals surface area contributed by atoms with Crippen LogP contribution in [0.1, 0.15) is 18.9 Å². The molecule has 5 heteroatoms. The Kier molecular flexibility index (Phi) is 4.37. The second-order valence-electron chi connectivity index (χ2n) is 5.30. The molecule has 1 aliphatic carbocycles. The van der Waals surface area contributed by atoms with Crippen LogP contribution in [0.15, 0.2) is 48.6 Å². The Morgan fingerprint density at radius 3 is 2.40 bits per heavy atom. The molecule has 20 heavy (non-hydrogen) atoms. The first-order chi connectivity index (χ1) is 9.30. The SMILES string of the molecule is CC1(CCc2ccccc2Cl)C=CC(S(=O)(=O)O)C=C1. The van der Waals surface area contributed by atoms with Gasteiger partial charge in [-0.1, -0.05) is 61.0 Å². The molecule has 1 aromatic carbocycles.